The normalized spacial score (nSPS) is 18.1. The van der Waals surface area contributed by atoms with Gasteiger partial charge in [-0.3, -0.25) is 4.79 Å². The number of carbonyl (C=O) groups excluding carboxylic acids is 1. The monoisotopic (exact) mass is 387 g/mol. The maximum atomic E-state index is 12.8. The van der Waals surface area contributed by atoms with Gasteiger partial charge < -0.3 is 20.0 Å². The number of carbonyl (C=O) groups is 1. The lowest BCUT2D eigenvalue weighted by molar-refractivity contribution is 0.0743. The fraction of sp³-hybridized carbons (Fsp3) is 0.476. The predicted octanol–water partition coefficient (Wildman–Crippen LogP) is 5.21. The molecule has 144 valence electrons. The van der Waals surface area contributed by atoms with E-state index in [1.54, 1.807) is 4.90 Å². The van der Waals surface area contributed by atoms with Crippen LogP contribution in [0.15, 0.2) is 28.9 Å². The Morgan fingerprint density at radius 3 is 2.63 bits per heavy atom. The first-order valence-electron chi connectivity index (χ1n) is 9.79. The SMILES string of the molecule is C=C1Nc2c(Cl)cc3cc(C(=O)N(CC)CC)oc3c2C2(CCCCC2)N1. The molecule has 2 N–H and O–H groups in total. The Bertz CT molecular complexity index is 908. The highest BCUT2D eigenvalue weighted by atomic mass is 35.5. The maximum Gasteiger partial charge on any atom is 0.289 e. The highest BCUT2D eigenvalue weighted by Gasteiger charge is 2.42. The average molecular weight is 388 g/mol. The number of benzene rings is 1. The summed E-state index contributed by atoms with van der Waals surface area (Å²) in [5.74, 6) is 1.05. The zero-order valence-electron chi connectivity index (χ0n) is 16.0. The first-order chi connectivity index (χ1) is 13.0. The number of nitrogens with zero attached hydrogens (tertiary/aromatic N) is 1. The summed E-state index contributed by atoms with van der Waals surface area (Å²) in [6.07, 6.45) is 5.50. The number of furan rings is 1. The molecule has 0 saturated heterocycles. The van der Waals surface area contributed by atoms with Gasteiger partial charge in [-0.05, 0) is 38.8 Å². The van der Waals surface area contributed by atoms with Crippen molar-refractivity contribution in [1.29, 1.82) is 0 Å². The van der Waals surface area contributed by atoms with E-state index in [4.69, 9.17) is 16.0 Å². The predicted molar refractivity (Wildman–Crippen MR) is 109 cm³/mol. The van der Waals surface area contributed by atoms with Crippen LogP contribution in [0.4, 0.5) is 5.69 Å². The van der Waals surface area contributed by atoms with Crippen molar-refractivity contribution in [3.05, 3.63) is 40.9 Å². The Morgan fingerprint density at radius 1 is 1.26 bits per heavy atom. The third-order valence-corrected chi connectivity index (χ3v) is 6.17. The highest BCUT2D eigenvalue weighted by Crippen LogP contribution is 2.49. The van der Waals surface area contributed by atoms with Crippen LogP contribution in [0.2, 0.25) is 5.02 Å². The van der Waals surface area contributed by atoms with Crippen LogP contribution in [-0.4, -0.2) is 23.9 Å². The average Bonchev–Trinajstić information content (AvgIpc) is 3.06. The van der Waals surface area contributed by atoms with Crippen molar-refractivity contribution in [3.8, 4) is 0 Å². The molecule has 1 saturated carbocycles. The number of hydrogen-bond acceptors (Lipinski definition) is 4. The molecule has 0 unspecified atom stereocenters. The van der Waals surface area contributed by atoms with E-state index in [0.29, 0.717) is 23.9 Å². The fourth-order valence-electron chi connectivity index (χ4n) is 4.56. The summed E-state index contributed by atoms with van der Waals surface area (Å²) >= 11 is 6.63. The standard InChI is InChI=1S/C21H26ClN3O2/c1-4-25(5-2)20(26)16-12-14-11-15(22)18-17(19(14)27-16)21(24-13(3)23-18)9-7-6-8-10-21/h11-12,23-24H,3-10H2,1-2H3. The summed E-state index contributed by atoms with van der Waals surface area (Å²) in [4.78, 5) is 14.6. The summed E-state index contributed by atoms with van der Waals surface area (Å²) in [7, 11) is 0. The summed E-state index contributed by atoms with van der Waals surface area (Å²) in [5.41, 5.74) is 2.40. The number of amides is 1. The second kappa shape index (κ2) is 6.79. The molecule has 1 aliphatic heterocycles. The first kappa shape index (κ1) is 18.2. The molecule has 5 nitrogen and oxygen atoms in total. The minimum Gasteiger partial charge on any atom is -0.450 e. The van der Waals surface area contributed by atoms with Crippen molar-refractivity contribution >= 4 is 34.2 Å². The molecule has 2 aliphatic rings. The lowest BCUT2D eigenvalue weighted by Crippen LogP contribution is -2.48. The van der Waals surface area contributed by atoms with E-state index in [1.165, 1.54) is 6.42 Å². The van der Waals surface area contributed by atoms with Crippen LogP contribution >= 0.6 is 11.6 Å². The summed E-state index contributed by atoms with van der Waals surface area (Å²) in [6.45, 7) is 9.34. The molecule has 6 heteroatoms. The summed E-state index contributed by atoms with van der Waals surface area (Å²) in [6, 6.07) is 3.70. The molecule has 1 aromatic heterocycles. The highest BCUT2D eigenvalue weighted by molar-refractivity contribution is 6.34. The second-order valence-corrected chi connectivity index (χ2v) is 7.89. The van der Waals surface area contributed by atoms with Crippen molar-refractivity contribution in [1.82, 2.24) is 10.2 Å². The molecular formula is C21H26ClN3O2. The third kappa shape index (κ3) is 2.89. The van der Waals surface area contributed by atoms with Crippen LogP contribution in [0, 0.1) is 0 Å². The van der Waals surface area contributed by atoms with Gasteiger partial charge in [-0.2, -0.15) is 0 Å². The van der Waals surface area contributed by atoms with Crippen LogP contribution in [0.5, 0.6) is 0 Å². The Morgan fingerprint density at radius 2 is 1.96 bits per heavy atom. The molecule has 1 aromatic carbocycles. The summed E-state index contributed by atoms with van der Waals surface area (Å²) < 4.78 is 6.17. The van der Waals surface area contributed by atoms with E-state index < -0.39 is 0 Å². The fourth-order valence-corrected chi connectivity index (χ4v) is 4.82. The Labute approximate surface area is 164 Å². The Hall–Kier alpha value is -2.14. The van der Waals surface area contributed by atoms with Crippen molar-refractivity contribution in [2.45, 2.75) is 51.5 Å². The number of fused-ring (bicyclic) bond motifs is 4. The molecule has 2 heterocycles. The number of halogens is 1. The quantitative estimate of drug-likeness (QED) is 0.758. The van der Waals surface area contributed by atoms with Gasteiger partial charge in [0.05, 0.1) is 22.1 Å². The van der Waals surface area contributed by atoms with Gasteiger partial charge in [0.15, 0.2) is 5.76 Å². The zero-order valence-corrected chi connectivity index (χ0v) is 16.7. The topological polar surface area (TPSA) is 57.5 Å². The van der Waals surface area contributed by atoms with E-state index in [2.05, 4.69) is 17.2 Å². The Kier molecular flexibility index (Phi) is 4.58. The van der Waals surface area contributed by atoms with Gasteiger partial charge >= 0.3 is 0 Å². The molecule has 1 amide bonds. The molecule has 0 bridgehead atoms. The smallest absolute Gasteiger partial charge is 0.289 e. The van der Waals surface area contributed by atoms with Crippen LogP contribution in [0.1, 0.15) is 62.1 Å². The Balaban J connectivity index is 1.91. The number of nitrogens with one attached hydrogen (secondary N) is 2. The van der Waals surface area contributed by atoms with Crippen molar-refractivity contribution in [2.24, 2.45) is 0 Å². The summed E-state index contributed by atoms with van der Waals surface area (Å²) in [5, 5.41) is 8.36. The molecule has 4 rings (SSSR count). The van der Waals surface area contributed by atoms with Gasteiger partial charge in [0.1, 0.15) is 5.58 Å². The number of rotatable bonds is 3. The van der Waals surface area contributed by atoms with Gasteiger partial charge in [0.2, 0.25) is 0 Å². The van der Waals surface area contributed by atoms with E-state index in [0.717, 1.165) is 53.7 Å². The molecule has 27 heavy (non-hydrogen) atoms. The number of hydrogen-bond donors (Lipinski definition) is 2. The lowest BCUT2D eigenvalue weighted by Gasteiger charge is -2.44. The minimum atomic E-state index is -0.244. The molecule has 1 aliphatic carbocycles. The van der Waals surface area contributed by atoms with Gasteiger partial charge in [-0.25, -0.2) is 0 Å². The molecule has 2 aromatic rings. The lowest BCUT2D eigenvalue weighted by atomic mass is 9.74. The largest absolute Gasteiger partial charge is 0.450 e. The molecule has 0 atom stereocenters. The van der Waals surface area contributed by atoms with Gasteiger partial charge in [-0.15, -0.1) is 0 Å². The van der Waals surface area contributed by atoms with Gasteiger partial charge in [0, 0.05) is 24.0 Å². The molecule has 1 spiro atoms. The minimum absolute atomic E-state index is 0.0834. The van der Waals surface area contributed by atoms with Crippen LogP contribution in [0.3, 0.4) is 0 Å². The van der Waals surface area contributed by atoms with Crippen LogP contribution in [0.25, 0.3) is 11.0 Å². The molecule has 0 radical (unpaired) electrons. The van der Waals surface area contributed by atoms with E-state index >= 15 is 0 Å². The number of anilines is 1. The first-order valence-corrected chi connectivity index (χ1v) is 10.2. The second-order valence-electron chi connectivity index (χ2n) is 7.49. The van der Waals surface area contributed by atoms with Crippen LogP contribution < -0.4 is 10.6 Å². The van der Waals surface area contributed by atoms with E-state index in [1.807, 2.05) is 26.0 Å². The van der Waals surface area contributed by atoms with Gasteiger partial charge in [-0.1, -0.05) is 37.4 Å². The molecule has 1 fully saturated rings. The van der Waals surface area contributed by atoms with Crippen LogP contribution in [-0.2, 0) is 5.54 Å². The van der Waals surface area contributed by atoms with Gasteiger partial charge in [0.25, 0.3) is 5.91 Å². The van der Waals surface area contributed by atoms with Crippen molar-refractivity contribution in [2.75, 3.05) is 18.4 Å². The molecular weight excluding hydrogens is 362 g/mol. The van der Waals surface area contributed by atoms with Crippen molar-refractivity contribution in [3.63, 3.8) is 0 Å². The maximum absolute atomic E-state index is 12.8. The third-order valence-electron chi connectivity index (χ3n) is 5.87. The van der Waals surface area contributed by atoms with E-state index in [9.17, 15) is 4.79 Å². The van der Waals surface area contributed by atoms with E-state index in [-0.39, 0.29) is 11.4 Å². The zero-order chi connectivity index (χ0) is 19.2. The van der Waals surface area contributed by atoms with Crippen molar-refractivity contribution < 1.29 is 9.21 Å².